The largest absolute Gasteiger partial charge is 0.393 e. The van der Waals surface area contributed by atoms with Crippen LogP contribution in [0.4, 0.5) is 5.82 Å². The first kappa shape index (κ1) is 14.3. The topological polar surface area (TPSA) is 65.5 Å². The lowest BCUT2D eigenvalue weighted by Crippen LogP contribution is -2.48. The molecule has 1 amide bonds. The zero-order valence-corrected chi connectivity index (χ0v) is 12.5. The summed E-state index contributed by atoms with van der Waals surface area (Å²) in [5.41, 5.74) is 0.652. The maximum absolute atomic E-state index is 12.9. The fraction of sp³-hybridized carbons (Fsp3) is 0.625. The van der Waals surface area contributed by atoms with Crippen LogP contribution in [0.25, 0.3) is 0 Å². The molecule has 0 spiro atoms. The van der Waals surface area contributed by atoms with Crippen LogP contribution in [0.5, 0.6) is 0 Å². The molecule has 5 heteroatoms. The number of piperidine rings is 1. The number of rotatable bonds is 4. The van der Waals surface area contributed by atoms with Gasteiger partial charge in [0.05, 0.1) is 11.7 Å². The Morgan fingerprint density at radius 3 is 2.81 bits per heavy atom. The van der Waals surface area contributed by atoms with E-state index in [2.05, 4.69) is 17.2 Å². The summed E-state index contributed by atoms with van der Waals surface area (Å²) in [5.74, 6) is 0.732. The molecule has 2 aliphatic heterocycles. The molecular formula is C16H23N3O2. The standard InChI is InChI=1S/C16H23N3O2/c1-2-7-17-15-14(4-3-8-18-15)16(21)19-11-5-6-12(19)10-13(20)9-11/h3-4,8,11-13,20H,2,5-7,9-10H2,1H3,(H,17,18). The second-order valence-corrected chi connectivity index (χ2v) is 6.05. The molecule has 2 saturated heterocycles. The van der Waals surface area contributed by atoms with Crippen molar-refractivity contribution in [2.24, 2.45) is 0 Å². The van der Waals surface area contributed by atoms with E-state index < -0.39 is 0 Å². The SMILES string of the molecule is CCCNc1ncccc1C(=O)N1C2CCC1CC(O)C2. The van der Waals surface area contributed by atoms with Crippen LogP contribution >= 0.6 is 0 Å². The Morgan fingerprint density at radius 2 is 2.14 bits per heavy atom. The molecule has 114 valence electrons. The highest BCUT2D eigenvalue weighted by Crippen LogP contribution is 2.37. The number of aliphatic hydroxyl groups excluding tert-OH is 1. The first-order valence-corrected chi connectivity index (χ1v) is 7.90. The second-order valence-electron chi connectivity index (χ2n) is 6.05. The zero-order valence-electron chi connectivity index (χ0n) is 12.5. The number of fused-ring (bicyclic) bond motifs is 2. The summed E-state index contributed by atoms with van der Waals surface area (Å²) in [5, 5.41) is 13.1. The van der Waals surface area contributed by atoms with Crippen molar-refractivity contribution in [1.82, 2.24) is 9.88 Å². The second kappa shape index (κ2) is 6.02. The molecule has 2 aliphatic rings. The molecule has 0 aliphatic carbocycles. The monoisotopic (exact) mass is 289 g/mol. The van der Waals surface area contributed by atoms with Crippen molar-refractivity contribution >= 4 is 11.7 Å². The van der Waals surface area contributed by atoms with Crippen LogP contribution in [0.2, 0.25) is 0 Å². The van der Waals surface area contributed by atoms with Crippen LogP contribution in [0.15, 0.2) is 18.3 Å². The maximum Gasteiger partial charge on any atom is 0.258 e. The molecule has 0 saturated carbocycles. The smallest absolute Gasteiger partial charge is 0.258 e. The van der Waals surface area contributed by atoms with Gasteiger partial charge < -0.3 is 15.3 Å². The number of nitrogens with one attached hydrogen (secondary N) is 1. The average Bonchev–Trinajstić information content (AvgIpc) is 2.76. The van der Waals surface area contributed by atoms with Crippen LogP contribution in [-0.4, -0.2) is 45.6 Å². The molecule has 3 rings (SSSR count). The molecule has 3 heterocycles. The molecule has 0 aromatic carbocycles. The number of hydrogen-bond donors (Lipinski definition) is 2. The molecular weight excluding hydrogens is 266 g/mol. The van der Waals surface area contributed by atoms with E-state index in [0.29, 0.717) is 24.2 Å². The van der Waals surface area contributed by atoms with E-state index >= 15 is 0 Å². The zero-order chi connectivity index (χ0) is 14.8. The highest BCUT2D eigenvalue weighted by atomic mass is 16.3. The van der Waals surface area contributed by atoms with Crippen LogP contribution in [0, 0.1) is 0 Å². The number of amides is 1. The van der Waals surface area contributed by atoms with Gasteiger partial charge in [0.25, 0.3) is 5.91 Å². The predicted molar refractivity (Wildman–Crippen MR) is 81.2 cm³/mol. The molecule has 1 aromatic rings. The third-order valence-corrected chi connectivity index (χ3v) is 4.52. The van der Waals surface area contributed by atoms with E-state index in [0.717, 1.165) is 25.8 Å². The molecule has 0 radical (unpaired) electrons. The molecule has 5 nitrogen and oxygen atoms in total. The van der Waals surface area contributed by atoms with Crippen LogP contribution in [-0.2, 0) is 0 Å². The third kappa shape index (κ3) is 2.75. The van der Waals surface area contributed by atoms with Crippen LogP contribution in [0.1, 0.15) is 49.4 Å². The van der Waals surface area contributed by atoms with Crippen molar-refractivity contribution < 1.29 is 9.90 Å². The third-order valence-electron chi connectivity index (χ3n) is 4.52. The Hall–Kier alpha value is -1.62. The van der Waals surface area contributed by atoms with E-state index in [1.807, 2.05) is 17.0 Å². The first-order chi connectivity index (χ1) is 10.2. The summed E-state index contributed by atoms with van der Waals surface area (Å²) in [6.45, 7) is 2.90. The minimum absolute atomic E-state index is 0.0566. The Labute approximate surface area is 125 Å². The van der Waals surface area contributed by atoms with E-state index in [1.54, 1.807) is 6.20 Å². The Bertz CT molecular complexity index is 506. The molecule has 2 N–H and O–H groups in total. The summed E-state index contributed by atoms with van der Waals surface area (Å²) in [7, 11) is 0. The Kier molecular flexibility index (Phi) is 4.10. The Balaban J connectivity index is 1.83. The van der Waals surface area contributed by atoms with Gasteiger partial charge in [0.15, 0.2) is 0 Å². The summed E-state index contributed by atoms with van der Waals surface area (Å²) < 4.78 is 0. The van der Waals surface area contributed by atoms with Crippen molar-refractivity contribution in [3.63, 3.8) is 0 Å². The van der Waals surface area contributed by atoms with Crippen LogP contribution < -0.4 is 5.32 Å². The fourth-order valence-corrected chi connectivity index (χ4v) is 3.58. The Morgan fingerprint density at radius 1 is 1.43 bits per heavy atom. The summed E-state index contributed by atoms with van der Waals surface area (Å²) in [4.78, 5) is 19.2. The quantitative estimate of drug-likeness (QED) is 0.890. The van der Waals surface area contributed by atoms with Crippen molar-refractivity contribution in [2.75, 3.05) is 11.9 Å². The number of hydrogen-bond acceptors (Lipinski definition) is 4. The van der Waals surface area contributed by atoms with E-state index in [-0.39, 0.29) is 24.1 Å². The van der Waals surface area contributed by atoms with E-state index in [9.17, 15) is 9.90 Å². The number of carbonyl (C=O) groups excluding carboxylic acids is 1. The number of nitrogens with zero attached hydrogens (tertiary/aromatic N) is 2. The van der Waals surface area contributed by atoms with Crippen molar-refractivity contribution in [2.45, 2.75) is 57.2 Å². The predicted octanol–water partition coefficient (Wildman–Crippen LogP) is 2.03. The summed E-state index contributed by atoms with van der Waals surface area (Å²) in [6, 6.07) is 4.03. The van der Waals surface area contributed by atoms with Gasteiger partial charge in [-0.05, 0) is 44.2 Å². The summed E-state index contributed by atoms with van der Waals surface area (Å²) in [6.07, 6.45) is 5.88. The van der Waals surface area contributed by atoms with Crippen LogP contribution in [0.3, 0.4) is 0 Å². The highest BCUT2D eigenvalue weighted by Gasteiger charge is 2.43. The van der Waals surface area contributed by atoms with Crippen molar-refractivity contribution in [3.8, 4) is 0 Å². The maximum atomic E-state index is 12.9. The molecule has 2 fully saturated rings. The van der Waals surface area contributed by atoms with Gasteiger partial charge in [-0.1, -0.05) is 6.92 Å². The number of anilines is 1. The normalized spacial score (nSPS) is 27.7. The first-order valence-electron chi connectivity index (χ1n) is 7.90. The molecule has 1 aromatic heterocycles. The average molecular weight is 289 g/mol. The van der Waals surface area contributed by atoms with Gasteiger partial charge in [0.2, 0.25) is 0 Å². The lowest BCUT2D eigenvalue weighted by molar-refractivity contribution is 0.0287. The van der Waals surface area contributed by atoms with Gasteiger partial charge in [-0.15, -0.1) is 0 Å². The van der Waals surface area contributed by atoms with Gasteiger partial charge in [0, 0.05) is 24.8 Å². The minimum atomic E-state index is -0.252. The highest BCUT2D eigenvalue weighted by molar-refractivity contribution is 5.99. The van der Waals surface area contributed by atoms with E-state index in [4.69, 9.17) is 0 Å². The summed E-state index contributed by atoms with van der Waals surface area (Å²) >= 11 is 0. The fourth-order valence-electron chi connectivity index (χ4n) is 3.58. The van der Waals surface area contributed by atoms with E-state index in [1.165, 1.54) is 0 Å². The minimum Gasteiger partial charge on any atom is -0.393 e. The molecule has 2 atom stereocenters. The number of aromatic nitrogens is 1. The number of carbonyl (C=O) groups is 1. The van der Waals surface area contributed by atoms with Crippen molar-refractivity contribution in [1.29, 1.82) is 0 Å². The lowest BCUT2D eigenvalue weighted by Gasteiger charge is -2.37. The van der Waals surface area contributed by atoms with Gasteiger partial charge in [-0.25, -0.2) is 4.98 Å². The number of pyridine rings is 1. The molecule has 2 bridgehead atoms. The van der Waals surface area contributed by atoms with Gasteiger partial charge in [0.1, 0.15) is 5.82 Å². The van der Waals surface area contributed by atoms with Gasteiger partial charge in [-0.3, -0.25) is 4.79 Å². The van der Waals surface area contributed by atoms with Crippen molar-refractivity contribution in [3.05, 3.63) is 23.9 Å². The lowest BCUT2D eigenvalue weighted by atomic mass is 9.99. The number of aliphatic hydroxyl groups is 1. The molecule has 21 heavy (non-hydrogen) atoms. The molecule has 2 unspecified atom stereocenters. The van der Waals surface area contributed by atoms with Gasteiger partial charge >= 0.3 is 0 Å². The van der Waals surface area contributed by atoms with Gasteiger partial charge in [-0.2, -0.15) is 0 Å².